The zero-order valence-corrected chi connectivity index (χ0v) is 11.8. The normalized spacial score (nSPS) is 11.6. The number of ether oxygens (including phenoxy) is 2. The number of allylic oxidation sites excluding steroid dienone is 2. The zero-order valence-electron chi connectivity index (χ0n) is 11.8. The zero-order chi connectivity index (χ0) is 14.4. The molecule has 4 nitrogen and oxygen atoms in total. The second-order valence-corrected chi connectivity index (χ2v) is 3.98. The van der Waals surface area contributed by atoms with Gasteiger partial charge in [-0.15, -0.1) is 0 Å². The second-order valence-electron chi connectivity index (χ2n) is 3.98. The Labute approximate surface area is 113 Å². The topological polar surface area (TPSA) is 48.4 Å². The van der Waals surface area contributed by atoms with Gasteiger partial charge in [0.25, 0.3) is 0 Å². The minimum absolute atomic E-state index is 0.327. The first-order valence-electron chi connectivity index (χ1n) is 6.07. The lowest BCUT2D eigenvalue weighted by atomic mass is 9.97. The van der Waals surface area contributed by atoms with Crippen LogP contribution in [0.3, 0.4) is 0 Å². The van der Waals surface area contributed by atoms with Gasteiger partial charge in [-0.1, -0.05) is 12.7 Å². The maximum atomic E-state index is 12.1. The summed E-state index contributed by atoms with van der Waals surface area (Å²) < 4.78 is 10.3. The monoisotopic (exact) mass is 261 g/mol. The van der Waals surface area contributed by atoms with Crippen molar-refractivity contribution in [2.75, 3.05) is 13.7 Å². The molecule has 1 heterocycles. The van der Waals surface area contributed by atoms with E-state index in [2.05, 4.69) is 11.6 Å². The van der Waals surface area contributed by atoms with Gasteiger partial charge >= 0.3 is 5.97 Å². The van der Waals surface area contributed by atoms with Crippen LogP contribution in [0.2, 0.25) is 0 Å². The van der Waals surface area contributed by atoms with E-state index in [4.69, 9.17) is 9.47 Å². The van der Waals surface area contributed by atoms with E-state index >= 15 is 0 Å². The molecule has 0 radical (unpaired) electrons. The first-order chi connectivity index (χ1) is 9.06. The number of esters is 1. The predicted octanol–water partition coefficient (Wildman–Crippen LogP) is 2.92. The van der Waals surface area contributed by atoms with E-state index in [-0.39, 0.29) is 5.97 Å². The lowest BCUT2D eigenvalue weighted by Crippen LogP contribution is -2.10. The highest BCUT2D eigenvalue weighted by atomic mass is 16.5. The molecule has 1 rings (SSSR count). The van der Waals surface area contributed by atoms with Crippen LogP contribution in [0.15, 0.2) is 30.5 Å². The summed E-state index contributed by atoms with van der Waals surface area (Å²) in [6.45, 7) is 9.50. The van der Waals surface area contributed by atoms with Crippen molar-refractivity contribution in [3.63, 3.8) is 0 Å². The number of hydrogen-bond donors (Lipinski definition) is 0. The number of nitrogens with zero attached hydrogens (tertiary/aromatic N) is 1. The molecule has 1 aromatic heterocycles. The molecule has 0 aliphatic carbocycles. The van der Waals surface area contributed by atoms with Crippen LogP contribution >= 0.6 is 0 Å². The summed E-state index contributed by atoms with van der Waals surface area (Å²) in [5.74, 6) is 0.132. The Bertz CT molecular complexity index is 518. The third-order valence-corrected chi connectivity index (χ3v) is 2.80. The molecule has 0 aliphatic heterocycles. The van der Waals surface area contributed by atoms with E-state index in [0.29, 0.717) is 18.1 Å². The van der Waals surface area contributed by atoms with Crippen LogP contribution in [0.4, 0.5) is 0 Å². The first kappa shape index (κ1) is 15.0. The minimum Gasteiger partial charge on any atom is -0.481 e. The summed E-state index contributed by atoms with van der Waals surface area (Å²) >= 11 is 0. The van der Waals surface area contributed by atoms with E-state index in [9.17, 15) is 4.79 Å². The maximum Gasteiger partial charge on any atom is 0.339 e. The molecule has 0 amide bonds. The lowest BCUT2D eigenvalue weighted by Gasteiger charge is -2.13. The molecule has 0 atom stereocenters. The van der Waals surface area contributed by atoms with Gasteiger partial charge in [-0.2, -0.15) is 0 Å². The molecule has 0 bridgehead atoms. The number of hydrogen-bond acceptors (Lipinski definition) is 4. The Morgan fingerprint density at radius 3 is 2.74 bits per heavy atom. The fourth-order valence-corrected chi connectivity index (χ4v) is 1.78. The predicted molar refractivity (Wildman–Crippen MR) is 75.0 cm³/mol. The number of carbonyl (C=O) groups is 1. The van der Waals surface area contributed by atoms with Crippen LogP contribution in [-0.4, -0.2) is 24.7 Å². The Morgan fingerprint density at radius 1 is 1.53 bits per heavy atom. The molecular weight excluding hydrogens is 242 g/mol. The Kier molecular flexibility index (Phi) is 5.30. The smallest absolute Gasteiger partial charge is 0.339 e. The SMILES string of the molecule is C=C/C(C)=C(/C(=O)OCC)c1ccnc(OC)c1C. The summed E-state index contributed by atoms with van der Waals surface area (Å²) in [5.41, 5.74) is 2.81. The van der Waals surface area contributed by atoms with Crippen LogP contribution in [0, 0.1) is 6.92 Å². The van der Waals surface area contributed by atoms with E-state index in [1.165, 1.54) is 0 Å². The summed E-state index contributed by atoms with van der Waals surface area (Å²) in [5, 5.41) is 0. The fourth-order valence-electron chi connectivity index (χ4n) is 1.78. The van der Waals surface area contributed by atoms with Crippen LogP contribution in [-0.2, 0) is 9.53 Å². The van der Waals surface area contributed by atoms with Gasteiger partial charge in [0.15, 0.2) is 0 Å². The van der Waals surface area contributed by atoms with E-state index in [1.54, 1.807) is 32.4 Å². The summed E-state index contributed by atoms with van der Waals surface area (Å²) in [4.78, 5) is 16.2. The van der Waals surface area contributed by atoms with Gasteiger partial charge in [0.2, 0.25) is 5.88 Å². The molecule has 0 aliphatic rings. The van der Waals surface area contributed by atoms with Crippen LogP contribution in [0.1, 0.15) is 25.0 Å². The molecule has 0 unspecified atom stereocenters. The van der Waals surface area contributed by atoms with Crippen molar-refractivity contribution in [3.05, 3.63) is 41.6 Å². The average Bonchev–Trinajstić information content (AvgIpc) is 2.41. The largest absolute Gasteiger partial charge is 0.481 e. The van der Waals surface area contributed by atoms with Crippen molar-refractivity contribution in [1.29, 1.82) is 0 Å². The number of aromatic nitrogens is 1. The highest BCUT2D eigenvalue weighted by Gasteiger charge is 2.19. The standard InChI is InChI=1S/C15H19NO3/c1-6-10(3)13(15(17)19-7-2)12-8-9-16-14(18-5)11(12)4/h6,8-9H,1,7H2,2-5H3/b13-10+. The lowest BCUT2D eigenvalue weighted by molar-refractivity contribution is -0.136. The molecule has 0 saturated carbocycles. The summed E-state index contributed by atoms with van der Waals surface area (Å²) in [6.07, 6.45) is 3.25. The van der Waals surface area contributed by atoms with Gasteiger partial charge in [-0.05, 0) is 38.0 Å². The van der Waals surface area contributed by atoms with E-state index in [1.807, 2.05) is 13.8 Å². The van der Waals surface area contributed by atoms with Gasteiger partial charge in [-0.25, -0.2) is 9.78 Å². The van der Waals surface area contributed by atoms with Crippen molar-refractivity contribution >= 4 is 11.5 Å². The third kappa shape index (κ3) is 3.22. The first-order valence-corrected chi connectivity index (χ1v) is 6.07. The summed E-state index contributed by atoms with van der Waals surface area (Å²) in [6, 6.07) is 1.77. The Hall–Kier alpha value is -2.10. The molecule has 0 N–H and O–H groups in total. The van der Waals surface area contributed by atoms with Crippen molar-refractivity contribution in [2.45, 2.75) is 20.8 Å². The molecule has 0 fully saturated rings. The molecule has 1 aromatic rings. The van der Waals surface area contributed by atoms with E-state index < -0.39 is 0 Å². The molecule has 0 spiro atoms. The van der Waals surface area contributed by atoms with Gasteiger partial charge < -0.3 is 9.47 Å². The van der Waals surface area contributed by atoms with E-state index in [0.717, 1.165) is 16.7 Å². The average molecular weight is 261 g/mol. The molecule has 102 valence electrons. The number of pyridine rings is 1. The number of methoxy groups -OCH3 is 1. The third-order valence-electron chi connectivity index (χ3n) is 2.80. The highest BCUT2D eigenvalue weighted by molar-refractivity contribution is 6.18. The highest BCUT2D eigenvalue weighted by Crippen LogP contribution is 2.28. The quantitative estimate of drug-likeness (QED) is 0.464. The van der Waals surface area contributed by atoms with Crippen LogP contribution in [0.25, 0.3) is 5.57 Å². The van der Waals surface area contributed by atoms with Crippen LogP contribution < -0.4 is 4.74 Å². The molecule has 4 heteroatoms. The van der Waals surface area contributed by atoms with Gasteiger partial charge in [0, 0.05) is 11.8 Å². The van der Waals surface area contributed by atoms with Gasteiger partial charge in [0.05, 0.1) is 19.3 Å². The van der Waals surface area contributed by atoms with Crippen molar-refractivity contribution in [3.8, 4) is 5.88 Å². The van der Waals surface area contributed by atoms with Crippen LogP contribution in [0.5, 0.6) is 5.88 Å². The minimum atomic E-state index is -0.365. The number of carbonyl (C=O) groups excluding carboxylic acids is 1. The number of rotatable bonds is 5. The molecule has 19 heavy (non-hydrogen) atoms. The van der Waals surface area contributed by atoms with Crippen molar-refractivity contribution in [2.24, 2.45) is 0 Å². The fraction of sp³-hybridized carbons (Fsp3) is 0.333. The second kappa shape index (κ2) is 6.73. The van der Waals surface area contributed by atoms with Crippen molar-refractivity contribution < 1.29 is 14.3 Å². The van der Waals surface area contributed by atoms with Crippen molar-refractivity contribution in [1.82, 2.24) is 4.98 Å². The van der Waals surface area contributed by atoms with Gasteiger partial charge in [0.1, 0.15) is 0 Å². The van der Waals surface area contributed by atoms with Gasteiger partial charge in [-0.3, -0.25) is 0 Å². The maximum absolute atomic E-state index is 12.1. The molecule has 0 saturated heterocycles. The molecule has 0 aromatic carbocycles. The summed E-state index contributed by atoms with van der Waals surface area (Å²) in [7, 11) is 1.55. The molecular formula is C15H19NO3. The Balaban J connectivity index is 3.43. The Morgan fingerprint density at radius 2 is 2.21 bits per heavy atom.